The highest BCUT2D eigenvalue weighted by Gasteiger charge is 2.40. The lowest BCUT2D eigenvalue weighted by molar-refractivity contribution is -0.117. The van der Waals surface area contributed by atoms with Crippen LogP contribution in [-0.4, -0.2) is 17.1 Å². The Bertz CT molecular complexity index is 1270. The number of anilines is 2. The number of nitriles is 1. The molecule has 1 aliphatic rings. The third-order valence-corrected chi connectivity index (χ3v) is 6.45. The highest BCUT2D eigenvalue weighted by molar-refractivity contribution is 8.05. The van der Waals surface area contributed by atoms with Crippen LogP contribution in [0.5, 0.6) is 0 Å². The van der Waals surface area contributed by atoms with Gasteiger partial charge >= 0.3 is 0 Å². The molecule has 0 spiro atoms. The highest BCUT2D eigenvalue weighted by atomic mass is 32.2. The standard InChI is InChI=1S/C26H20FN3O2S/c1-17-11-13-18(14-12-17)15-23-25(32)30(19-7-3-2-4-8-19)26(33-23)20(16-28)24(31)29-22-10-6-5-9-21(22)27/h2-14,23H,15H2,1H3,(H,29,31)/b26-20-. The van der Waals surface area contributed by atoms with E-state index in [9.17, 15) is 19.2 Å². The molecule has 2 amide bonds. The Balaban J connectivity index is 1.72. The summed E-state index contributed by atoms with van der Waals surface area (Å²) in [5.74, 6) is -1.59. The maximum Gasteiger partial charge on any atom is 0.269 e. The molecule has 5 nitrogen and oxygen atoms in total. The molecule has 0 bridgehead atoms. The molecule has 1 N–H and O–H groups in total. The van der Waals surface area contributed by atoms with Gasteiger partial charge in [0.25, 0.3) is 5.91 Å². The van der Waals surface area contributed by atoms with Crippen molar-refractivity contribution in [2.75, 3.05) is 10.2 Å². The van der Waals surface area contributed by atoms with Crippen molar-refractivity contribution in [1.29, 1.82) is 5.26 Å². The van der Waals surface area contributed by atoms with Crippen molar-refractivity contribution in [3.63, 3.8) is 0 Å². The summed E-state index contributed by atoms with van der Waals surface area (Å²) in [5.41, 5.74) is 2.38. The summed E-state index contributed by atoms with van der Waals surface area (Å²) in [6.45, 7) is 1.99. The van der Waals surface area contributed by atoms with Crippen LogP contribution in [0.4, 0.5) is 15.8 Å². The van der Waals surface area contributed by atoms with Crippen molar-refractivity contribution in [2.45, 2.75) is 18.6 Å². The van der Waals surface area contributed by atoms with E-state index in [1.165, 1.54) is 34.9 Å². The first-order valence-corrected chi connectivity index (χ1v) is 11.2. The zero-order valence-electron chi connectivity index (χ0n) is 17.8. The molecule has 7 heteroatoms. The zero-order valence-corrected chi connectivity index (χ0v) is 18.6. The summed E-state index contributed by atoms with van der Waals surface area (Å²) < 4.78 is 14.0. The van der Waals surface area contributed by atoms with Crippen molar-refractivity contribution in [2.24, 2.45) is 0 Å². The molecule has 164 valence electrons. The number of hydrogen-bond donors (Lipinski definition) is 1. The average Bonchev–Trinajstić information content (AvgIpc) is 3.13. The fraction of sp³-hybridized carbons (Fsp3) is 0.115. The van der Waals surface area contributed by atoms with Gasteiger partial charge in [0.1, 0.15) is 22.5 Å². The van der Waals surface area contributed by atoms with E-state index in [1.54, 1.807) is 30.3 Å². The normalized spacial score (nSPS) is 16.9. The number of thioether (sulfide) groups is 1. The highest BCUT2D eigenvalue weighted by Crippen LogP contribution is 2.42. The van der Waals surface area contributed by atoms with Gasteiger partial charge < -0.3 is 5.32 Å². The van der Waals surface area contributed by atoms with Crippen molar-refractivity contribution in [1.82, 2.24) is 0 Å². The van der Waals surface area contributed by atoms with Crippen molar-refractivity contribution in [3.8, 4) is 6.07 Å². The van der Waals surface area contributed by atoms with Gasteiger partial charge in [-0.25, -0.2) is 4.39 Å². The minimum absolute atomic E-state index is 0.0346. The van der Waals surface area contributed by atoms with E-state index in [-0.39, 0.29) is 22.2 Å². The second-order valence-electron chi connectivity index (χ2n) is 7.53. The average molecular weight is 458 g/mol. The van der Waals surface area contributed by atoms with Crippen LogP contribution in [0.15, 0.2) is 89.5 Å². The molecule has 33 heavy (non-hydrogen) atoms. The molecule has 0 aromatic heterocycles. The van der Waals surface area contributed by atoms with Crippen LogP contribution in [0, 0.1) is 24.1 Å². The molecule has 1 atom stereocenters. The third kappa shape index (κ3) is 4.81. The lowest BCUT2D eigenvalue weighted by Crippen LogP contribution is -2.30. The van der Waals surface area contributed by atoms with E-state index in [4.69, 9.17) is 0 Å². The van der Waals surface area contributed by atoms with Crippen LogP contribution < -0.4 is 10.2 Å². The van der Waals surface area contributed by atoms with Gasteiger partial charge in [0.2, 0.25) is 5.91 Å². The number of carbonyl (C=O) groups is 2. The first kappa shape index (κ1) is 22.3. The van der Waals surface area contributed by atoms with Crippen LogP contribution in [-0.2, 0) is 16.0 Å². The van der Waals surface area contributed by atoms with Crippen LogP contribution >= 0.6 is 11.8 Å². The van der Waals surface area contributed by atoms with E-state index >= 15 is 0 Å². The molecule has 1 fully saturated rings. The Kier molecular flexibility index (Phi) is 6.57. The predicted molar refractivity (Wildman–Crippen MR) is 128 cm³/mol. The van der Waals surface area contributed by atoms with Gasteiger partial charge in [-0.1, -0.05) is 71.9 Å². The third-order valence-electron chi connectivity index (χ3n) is 5.18. The molecule has 0 aliphatic carbocycles. The number of para-hydroxylation sites is 2. The predicted octanol–water partition coefficient (Wildman–Crippen LogP) is 5.20. The number of benzene rings is 3. The summed E-state index contributed by atoms with van der Waals surface area (Å²) in [6, 6.07) is 24.4. The summed E-state index contributed by atoms with van der Waals surface area (Å²) in [6.07, 6.45) is 0.449. The Morgan fingerprint density at radius 1 is 1.06 bits per heavy atom. The molecule has 4 rings (SSSR count). The Hall–Kier alpha value is -3.89. The summed E-state index contributed by atoms with van der Waals surface area (Å²) in [4.78, 5) is 27.8. The van der Waals surface area contributed by atoms with Crippen LogP contribution in [0.2, 0.25) is 0 Å². The number of hydrogen-bond acceptors (Lipinski definition) is 4. The fourth-order valence-electron chi connectivity index (χ4n) is 3.48. The molecule has 1 saturated heterocycles. The Labute approximate surface area is 195 Å². The van der Waals surface area contributed by atoms with E-state index in [2.05, 4.69) is 5.32 Å². The minimum Gasteiger partial charge on any atom is -0.319 e. The number of halogens is 1. The minimum atomic E-state index is -0.769. The number of carbonyl (C=O) groups excluding carboxylic acids is 2. The molecular formula is C26H20FN3O2S. The first-order valence-electron chi connectivity index (χ1n) is 10.3. The zero-order chi connectivity index (χ0) is 23.4. The van der Waals surface area contributed by atoms with Gasteiger partial charge in [-0.2, -0.15) is 5.26 Å². The molecule has 0 radical (unpaired) electrons. The van der Waals surface area contributed by atoms with Crippen molar-refractivity contribution in [3.05, 3.63) is 106 Å². The van der Waals surface area contributed by atoms with Gasteiger partial charge in [0.05, 0.1) is 10.9 Å². The smallest absolute Gasteiger partial charge is 0.269 e. The maximum atomic E-state index is 14.0. The topological polar surface area (TPSA) is 73.2 Å². The molecular weight excluding hydrogens is 437 g/mol. The van der Waals surface area contributed by atoms with E-state index < -0.39 is 17.0 Å². The summed E-state index contributed by atoms with van der Waals surface area (Å²) >= 11 is 1.18. The van der Waals surface area contributed by atoms with Crippen molar-refractivity contribution >= 4 is 35.0 Å². The van der Waals surface area contributed by atoms with E-state index in [1.807, 2.05) is 43.3 Å². The fourth-order valence-corrected chi connectivity index (χ4v) is 4.79. The van der Waals surface area contributed by atoms with E-state index in [0.29, 0.717) is 12.1 Å². The number of nitrogens with one attached hydrogen (secondary N) is 1. The van der Waals surface area contributed by atoms with Crippen LogP contribution in [0.3, 0.4) is 0 Å². The summed E-state index contributed by atoms with van der Waals surface area (Å²) in [5, 5.41) is 12.0. The maximum absolute atomic E-state index is 14.0. The van der Waals surface area contributed by atoms with Crippen molar-refractivity contribution < 1.29 is 14.0 Å². The van der Waals surface area contributed by atoms with Gasteiger partial charge in [0.15, 0.2) is 0 Å². The number of rotatable bonds is 5. The molecule has 1 heterocycles. The monoisotopic (exact) mass is 457 g/mol. The first-order chi connectivity index (χ1) is 16.0. The molecule has 0 saturated carbocycles. The van der Waals surface area contributed by atoms with Gasteiger partial charge in [-0.15, -0.1) is 0 Å². The molecule has 1 unspecified atom stereocenters. The number of amides is 2. The largest absolute Gasteiger partial charge is 0.319 e. The lowest BCUT2D eigenvalue weighted by atomic mass is 10.1. The second-order valence-corrected chi connectivity index (χ2v) is 8.72. The van der Waals surface area contributed by atoms with Gasteiger partial charge in [-0.05, 0) is 43.2 Å². The Morgan fingerprint density at radius 3 is 2.39 bits per heavy atom. The molecule has 3 aromatic rings. The van der Waals surface area contributed by atoms with Gasteiger partial charge in [0, 0.05) is 5.69 Å². The quantitative estimate of drug-likeness (QED) is 0.422. The number of aryl methyl sites for hydroxylation is 1. The van der Waals surface area contributed by atoms with Crippen LogP contribution in [0.25, 0.3) is 0 Å². The van der Waals surface area contributed by atoms with E-state index in [0.717, 1.165) is 11.1 Å². The molecule has 1 aliphatic heterocycles. The summed E-state index contributed by atoms with van der Waals surface area (Å²) in [7, 11) is 0. The Morgan fingerprint density at radius 2 is 1.73 bits per heavy atom. The SMILES string of the molecule is Cc1ccc(CC2S/C(=C(/C#N)C(=O)Nc3ccccc3F)N(c3ccccc3)C2=O)cc1. The van der Waals surface area contributed by atoms with Gasteiger partial charge in [-0.3, -0.25) is 14.5 Å². The molecule has 3 aromatic carbocycles. The van der Waals surface area contributed by atoms with Crippen LogP contribution in [0.1, 0.15) is 11.1 Å². The lowest BCUT2D eigenvalue weighted by Gasteiger charge is -2.18. The number of nitrogens with zero attached hydrogens (tertiary/aromatic N) is 2. The second kappa shape index (κ2) is 9.72.